The first-order chi connectivity index (χ1) is 8.08. The number of hydrogen-bond acceptors (Lipinski definition) is 3. The smallest absolute Gasteiger partial charge is 0.220 e. The Morgan fingerprint density at radius 1 is 1.29 bits per heavy atom. The number of rotatable bonds is 2. The van der Waals surface area contributed by atoms with Crippen LogP contribution < -0.4 is 0 Å². The third-order valence-corrected chi connectivity index (χ3v) is 3.20. The van der Waals surface area contributed by atoms with Gasteiger partial charge in [0.15, 0.2) is 0 Å². The predicted molar refractivity (Wildman–Crippen MR) is 58.8 cm³/mol. The van der Waals surface area contributed by atoms with Gasteiger partial charge in [-0.3, -0.25) is 14.9 Å². The zero-order valence-electron chi connectivity index (χ0n) is 9.14. The van der Waals surface area contributed by atoms with Crippen LogP contribution >= 0.6 is 0 Å². The van der Waals surface area contributed by atoms with E-state index in [0.29, 0.717) is 5.56 Å². The summed E-state index contributed by atoms with van der Waals surface area (Å²) in [5.74, 6) is -0.766. The molecular formula is C12H12FNO3. The summed E-state index contributed by atoms with van der Waals surface area (Å²) < 4.78 is 12.8. The Bertz CT molecular complexity index is 444. The summed E-state index contributed by atoms with van der Waals surface area (Å²) in [6.07, 6.45) is 0.717. The van der Waals surface area contributed by atoms with E-state index in [1.54, 1.807) is 0 Å². The van der Waals surface area contributed by atoms with E-state index in [9.17, 15) is 19.3 Å². The van der Waals surface area contributed by atoms with Crippen LogP contribution in [0.2, 0.25) is 0 Å². The van der Waals surface area contributed by atoms with Crippen molar-refractivity contribution in [1.29, 1.82) is 0 Å². The van der Waals surface area contributed by atoms with E-state index in [4.69, 9.17) is 0 Å². The van der Waals surface area contributed by atoms with Crippen molar-refractivity contribution in [2.24, 2.45) is 0 Å². The number of nitro groups is 1. The fourth-order valence-corrected chi connectivity index (χ4v) is 2.30. The summed E-state index contributed by atoms with van der Waals surface area (Å²) >= 11 is 0. The van der Waals surface area contributed by atoms with E-state index in [1.807, 2.05) is 0 Å². The lowest BCUT2D eigenvalue weighted by molar-refractivity contribution is -0.528. The van der Waals surface area contributed by atoms with Gasteiger partial charge in [0.25, 0.3) is 0 Å². The van der Waals surface area contributed by atoms with Crippen LogP contribution in [0.5, 0.6) is 0 Å². The Kier molecular flexibility index (Phi) is 3.17. The van der Waals surface area contributed by atoms with E-state index in [-0.39, 0.29) is 35.8 Å². The fraction of sp³-hybridized carbons (Fsp3) is 0.417. The number of ketones is 1. The number of nitrogens with zero attached hydrogens (tertiary/aromatic N) is 1. The molecule has 1 fully saturated rings. The molecule has 0 spiro atoms. The first kappa shape index (κ1) is 11.7. The predicted octanol–water partition coefficient (Wildman–Crippen LogP) is 2.31. The molecule has 0 heterocycles. The molecule has 0 aromatic heterocycles. The zero-order chi connectivity index (χ0) is 12.4. The molecule has 2 atom stereocenters. The van der Waals surface area contributed by atoms with Gasteiger partial charge in [-0.05, 0) is 17.7 Å². The Morgan fingerprint density at radius 2 is 1.94 bits per heavy atom. The van der Waals surface area contributed by atoms with Crippen LogP contribution in [0.3, 0.4) is 0 Å². The number of carbonyl (C=O) groups excluding carboxylic acids is 1. The summed E-state index contributed by atoms with van der Waals surface area (Å²) in [5.41, 5.74) is 0.668. The molecule has 1 aromatic carbocycles. The lowest BCUT2D eigenvalue weighted by Crippen LogP contribution is -2.33. The van der Waals surface area contributed by atoms with Gasteiger partial charge >= 0.3 is 0 Å². The monoisotopic (exact) mass is 237 g/mol. The van der Waals surface area contributed by atoms with E-state index >= 15 is 0 Å². The molecule has 5 heteroatoms. The molecule has 1 aliphatic rings. The highest BCUT2D eigenvalue weighted by Gasteiger charge is 2.38. The van der Waals surface area contributed by atoms with Crippen LogP contribution in [0.25, 0.3) is 0 Å². The van der Waals surface area contributed by atoms with Crippen LogP contribution in [0, 0.1) is 15.9 Å². The molecule has 2 rings (SSSR count). The topological polar surface area (TPSA) is 60.2 Å². The third kappa shape index (κ3) is 2.49. The average Bonchev–Trinajstić information content (AvgIpc) is 2.29. The van der Waals surface area contributed by atoms with Crippen molar-refractivity contribution in [2.45, 2.75) is 31.2 Å². The van der Waals surface area contributed by atoms with E-state index < -0.39 is 12.0 Å². The molecule has 0 amide bonds. The molecule has 0 radical (unpaired) electrons. The number of Topliss-reactive ketones (excluding diaryl/α,β-unsaturated/α-hetero) is 1. The first-order valence-electron chi connectivity index (χ1n) is 5.48. The maximum absolute atomic E-state index is 12.8. The van der Waals surface area contributed by atoms with Crippen LogP contribution in [0.1, 0.15) is 30.7 Å². The number of benzene rings is 1. The molecule has 17 heavy (non-hydrogen) atoms. The van der Waals surface area contributed by atoms with E-state index in [2.05, 4.69) is 0 Å². The van der Waals surface area contributed by atoms with Crippen molar-refractivity contribution in [3.05, 3.63) is 45.8 Å². The van der Waals surface area contributed by atoms with Crippen LogP contribution in [-0.4, -0.2) is 16.7 Å². The van der Waals surface area contributed by atoms with Gasteiger partial charge in [0.2, 0.25) is 6.04 Å². The minimum atomic E-state index is -0.738. The van der Waals surface area contributed by atoms with Gasteiger partial charge in [-0.15, -0.1) is 0 Å². The van der Waals surface area contributed by atoms with Crippen molar-refractivity contribution in [2.75, 3.05) is 0 Å². The molecule has 0 aliphatic heterocycles. The SMILES string of the molecule is O=C1CCC([N+](=O)[O-])C(c2ccc(F)cc2)C1. The first-order valence-corrected chi connectivity index (χ1v) is 5.48. The second-order valence-corrected chi connectivity index (χ2v) is 4.29. The van der Waals surface area contributed by atoms with Gasteiger partial charge in [0.1, 0.15) is 11.6 Å². The molecule has 1 aromatic rings. The molecule has 2 unspecified atom stereocenters. The number of carbonyl (C=O) groups is 1. The van der Waals surface area contributed by atoms with Crippen molar-refractivity contribution in [1.82, 2.24) is 0 Å². The minimum Gasteiger partial charge on any atom is -0.300 e. The Labute approximate surface area is 97.6 Å². The highest BCUT2D eigenvalue weighted by Crippen LogP contribution is 2.33. The standard InChI is InChI=1S/C12H12FNO3/c13-9-3-1-8(2-4-9)11-7-10(15)5-6-12(11)14(16)17/h1-4,11-12H,5-7H2. The minimum absolute atomic E-state index is 0.0393. The van der Waals surface area contributed by atoms with Crippen molar-refractivity contribution < 1.29 is 14.1 Å². The Balaban J connectivity index is 2.28. The van der Waals surface area contributed by atoms with Gasteiger partial charge in [0.05, 0.1) is 5.92 Å². The maximum Gasteiger partial charge on any atom is 0.220 e. The summed E-state index contributed by atoms with van der Waals surface area (Å²) in [6.45, 7) is 0. The summed E-state index contributed by atoms with van der Waals surface area (Å²) in [4.78, 5) is 22.0. The van der Waals surface area contributed by atoms with Crippen LogP contribution in [0.4, 0.5) is 4.39 Å². The lowest BCUT2D eigenvalue weighted by atomic mass is 9.79. The van der Waals surface area contributed by atoms with Crippen LogP contribution in [-0.2, 0) is 4.79 Å². The van der Waals surface area contributed by atoms with E-state index in [1.165, 1.54) is 24.3 Å². The number of hydrogen-bond donors (Lipinski definition) is 0. The maximum atomic E-state index is 12.8. The van der Waals surface area contributed by atoms with Crippen molar-refractivity contribution in [3.8, 4) is 0 Å². The molecule has 90 valence electrons. The van der Waals surface area contributed by atoms with Crippen LogP contribution in [0.15, 0.2) is 24.3 Å². The van der Waals surface area contributed by atoms with Gasteiger partial charge in [-0.25, -0.2) is 4.39 Å². The third-order valence-electron chi connectivity index (χ3n) is 3.20. The summed E-state index contributed by atoms with van der Waals surface area (Å²) in [7, 11) is 0. The molecule has 0 saturated heterocycles. The molecule has 1 aliphatic carbocycles. The number of halogens is 1. The van der Waals surface area contributed by atoms with Crippen molar-refractivity contribution >= 4 is 5.78 Å². The molecular weight excluding hydrogens is 225 g/mol. The average molecular weight is 237 g/mol. The normalized spacial score (nSPS) is 24.6. The van der Waals surface area contributed by atoms with Gasteiger partial charge < -0.3 is 0 Å². The van der Waals surface area contributed by atoms with Gasteiger partial charge in [-0.2, -0.15) is 0 Å². The zero-order valence-corrected chi connectivity index (χ0v) is 9.14. The second-order valence-electron chi connectivity index (χ2n) is 4.29. The molecule has 0 bridgehead atoms. The summed E-state index contributed by atoms with van der Waals surface area (Å²) in [5, 5.41) is 10.9. The highest BCUT2D eigenvalue weighted by molar-refractivity contribution is 5.80. The Morgan fingerprint density at radius 3 is 2.53 bits per heavy atom. The fourth-order valence-electron chi connectivity index (χ4n) is 2.30. The largest absolute Gasteiger partial charge is 0.300 e. The molecule has 1 saturated carbocycles. The van der Waals surface area contributed by atoms with E-state index in [0.717, 1.165) is 0 Å². The molecule has 4 nitrogen and oxygen atoms in total. The summed E-state index contributed by atoms with van der Waals surface area (Å²) in [6, 6.07) is 4.85. The highest BCUT2D eigenvalue weighted by atomic mass is 19.1. The van der Waals surface area contributed by atoms with Crippen molar-refractivity contribution in [3.63, 3.8) is 0 Å². The lowest BCUT2D eigenvalue weighted by Gasteiger charge is -2.24. The van der Waals surface area contributed by atoms with Gasteiger partial charge in [0, 0.05) is 24.2 Å². The Hall–Kier alpha value is -1.78. The second kappa shape index (κ2) is 4.61. The quantitative estimate of drug-likeness (QED) is 0.585. The van der Waals surface area contributed by atoms with Gasteiger partial charge in [-0.1, -0.05) is 12.1 Å². The molecule has 0 N–H and O–H groups in total.